The van der Waals surface area contributed by atoms with Crippen LogP contribution in [0.15, 0.2) is 0 Å². The van der Waals surface area contributed by atoms with Crippen LogP contribution in [0.4, 0.5) is 0 Å². The van der Waals surface area contributed by atoms with E-state index in [0.717, 1.165) is 12.8 Å². The van der Waals surface area contributed by atoms with E-state index in [9.17, 15) is 14.4 Å². The minimum atomic E-state index is -0.964. The van der Waals surface area contributed by atoms with E-state index < -0.39 is 5.97 Å². The number of carboxylic acids is 1. The van der Waals surface area contributed by atoms with E-state index in [4.69, 9.17) is 5.11 Å². The van der Waals surface area contributed by atoms with Crippen molar-refractivity contribution in [1.29, 1.82) is 0 Å². The van der Waals surface area contributed by atoms with Gasteiger partial charge in [0.1, 0.15) is 0 Å². The third kappa shape index (κ3) is 4.84. The Bertz CT molecular complexity index is 317. The van der Waals surface area contributed by atoms with Crippen LogP contribution in [0.5, 0.6) is 0 Å². The van der Waals surface area contributed by atoms with Crippen molar-refractivity contribution in [3.05, 3.63) is 0 Å². The summed E-state index contributed by atoms with van der Waals surface area (Å²) in [4.78, 5) is 34.6. The number of carbonyl (C=O) groups excluding carboxylic acids is 2. The fourth-order valence-electron chi connectivity index (χ4n) is 1.98. The summed E-state index contributed by atoms with van der Waals surface area (Å²) in [5.74, 6) is -1.22. The zero-order valence-electron chi connectivity index (χ0n) is 9.94. The number of nitrogens with zero attached hydrogens (tertiary/aromatic N) is 1. The van der Waals surface area contributed by atoms with Crippen LogP contribution in [0, 0.1) is 0 Å². The molecule has 1 fully saturated rings. The van der Waals surface area contributed by atoms with Gasteiger partial charge in [-0.25, -0.2) is 0 Å². The Hall–Kier alpha value is -1.59. The molecule has 2 N–H and O–H groups in total. The van der Waals surface area contributed by atoms with Crippen molar-refractivity contribution in [3.63, 3.8) is 0 Å². The molecular weight excluding hydrogens is 224 g/mol. The topological polar surface area (TPSA) is 86.7 Å². The monoisotopic (exact) mass is 242 g/mol. The van der Waals surface area contributed by atoms with Crippen LogP contribution in [0.2, 0.25) is 0 Å². The quantitative estimate of drug-likeness (QED) is 0.725. The van der Waals surface area contributed by atoms with E-state index >= 15 is 0 Å². The Labute approximate surface area is 100.0 Å². The number of rotatable bonds is 4. The molecule has 1 saturated heterocycles. The predicted molar refractivity (Wildman–Crippen MR) is 60.3 cm³/mol. The standard InChI is InChI=1S/C11H18N2O4/c1-8(14)12-9-3-2-6-13(7-9)10(15)4-5-11(16)17/h9H,2-7H2,1H3,(H,12,14)(H,16,17). The van der Waals surface area contributed by atoms with Crippen LogP contribution in [0.3, 0.4) is 0 Å². The van der Waals surface area contributed by atoms with Crippen LogP contribution in [-0.4, -0.2) is 46.9 Å². The number of hydrogen-bond acceptors (Lipinski definition) is 3. The molecule has 2 amide bonds. The summed E-state index contributed by atoms with van der Waals surface area (Å²) in [6, 6.07) is -0.00460. The lowest BCUT2D eigenvalue weighted by molar-refractivity contribution is -0.141. The van der Waals surface area contributed by atoms with Gasteiger partial charge in [0, 0.05) is 32.5 Å². The third-order valence-corrected chi connectivity index (χ3v) is 2.73. The summed E-state index contributed by atoms with van der Waals surface area (Å²) in [5, 5.41) is 11.3. The second kappa shape index (κ2) is 6.22. The van der Waals surface area contributed by atoms with Crippen molar-refractivity contribution < 1.29 is 19.5 Å². The molecule has 0 bridgehead atoms. The molecule has 0 radical (unpaired) electrons. The zero-order chi connectivity index (χ0) is 12.8. The van der Waals surface area contributed by atoms with Crippen LogP contribution in [0.1, 0.15) is 32.6 Å². The maximum Gasteiger partial charge on any atom is 0.303 e. The fraction of sp³-hybridized carbons (Fsp3) is 0.727. The Morgan fingerprint density at radius 3 is 2.65 bits per heavy atom. The lowest BCUT2D eigenvalue weighted by Gasteiger charge is -2.33. The van der Waals surface area contributed by atoms with Crippen molar-refractivity contribution >= 4 is 17.8 Å². The van der Waals surface area contributed by atoms with Crippen LogP contribution in [-0.2, 0) is 14.4 Å². The third-order valence-electron chi connectivity index (χ3n) is 2.73. The van der Waals surface area contributed by atoms with E-state index in [1.54, 1.807) is 4.90 Å². The van der Waals surface area contributed by atoms with Gasteiger partial charge in [-0.15, -0.1) is 0 Å². The first-order valence-corrected chi connectivity index (χ1v) is 5.75. The Morgan fingerprint density at radius 1 is 1.35 bits per heavy atom. The lowest BCUT2D eigenvalue weighted by Crippen LogP contribution is -2.49. The van der Waals surface area contributed by atoms with Gasteiger partial charge < -0.3 is 15.3 Å². The first kappa shape index (κ1) is 13.5. The number of hydrogen-bond donors (Lipinski definition) is 2. The second-order valence-electron chi connectivity index (χ2n) is 4.27. The molecule has 1 aliphatic rings. The van der Waals surface area contributed by atoms with Crippen molar-refractivity contribution in [1.82, 2.24) is 10.2 Å². The minimum Gasteiger partial charge on any atom is -0.481 e. The minimum absolute atomic E-state index is 0.00460. The van der Waals surface area contributed by atoms with Gasteiger partial charge in [-0.2, -0.15) is 0 Å². The number of amides is 2. The summed E-state index contributed by atoms with van der Waals surface area (Å²) >= 11 is 0. The first-order valence-electron chi connectivity index (χ1n) is 5.75. The molecule has 0 aromatic carbocycles. The Kier molecular flexibility index (Phi) is 4.93. The molecule has 0 aromatic rings. The first-order chi connectivity index (χ1) is 7.99. The van der Waals surface area contributed by atoms with Crippen molar-refractivity contribution in [2.75, 3.05) is 13.1 Å². The van der Waals surface area contributed by atoms with Crippen LogP contribution < -0.4 is 5.32 Å². The largest absolute Gasteiger partial charge is 0.481 e. The van der Waals surface area contributed by atoms with E-state index in [2.05, 4.69) is 5.32 Å². The Morgan fingerprint density at radius 2 is 2.06 bits per heavy atom. The summed E-state index contributed by atoms with van der Waals surface area (Å²) in [6.07, 6.45) is 1.59. The highest BCUT2D eigenvalue weighted by Gasteiger charge is 2.24. The van der Waals surface area contributed by atoms with E-state index in [1.165, 1.54) is 6.92 Å². The molecule has 0 saturated carbocycles. The maximum absolute atomic E-state index is 11.7. The van der Waals surface area contributed by atoms with Crippen LogP contribution in [0.25, 0.3) is 0 Å². The number of likely N-dealkylation sites (tertiary alicyclic amines) is 1. The van der Waals surface area contributed by atoms with E-state index in [0.29, 0.717) is 13.1 Å². The Balaban J connectivity index is 2.40. The lowest BCUT2D eigenvalue weighted by atomic mass is 10.1. The summed E-state index contributed by atoms with van der Waals surface area (Å²) in [6.45, 7) is 2.58. The molecule has 0 spiro atoms. The molecule has 17 heavy (non-hydrogen) atoms. The predicted octanol–water partition coefficient (Wildman–Crippen LogP) is -0.0217. The molecule has 0 aromatic heterocycles. The fourth-order valence-corrected chi connectivity index (χ4v) is 1.98. The van der Waals surface area contributed by atoms with Gasteiger partial charge in [-0.05, 0) is 12.8 Å². The van der Waals surface area contributed by atoms with Gasteiger partial charge in [0.25, 0.3) is 0 Å². The number of carboxylic acid groups (broad SMARTS) is 1. The van der Waals surface area contributed by atoms with Gasteiger partial charge >= 0.3 is 5.97 Å². The molecule has 0 aliphatic carbocycles. The van der Waals surface area contributed by atoms with E-state index in [1.807, 2.05) is 0 Å². The van der Waals surface area contributed by atoms with Crippen molar-refractivity contribution in [2.45, 2.75) is 38.6 Å². The summed E-state index contributed by atoms with van der Waals surface area (Å²) in [7, 11) is 0. The molecule has 96 valence electrons. The second-order valence-corrected chi connectivity index (χ2v) is 4.27. The highest BCUT2D eigenvalue weighted by atomic mass is 16.4. The highest BCUT2D eigenvalue weighted by molar-refractivity contribution is 5.81. The maximum atomic E-state index is 11.7. The average molecular weight is 242 g/mol. The van der Waals surface area contributed by atoms with Gasteiger partial charge in [-0.1, -0.05) is 0 Å². The number of aliphatic carboxylic acids is 1. The van der Waals surface area contributed by atoms with Crippen molar-refractivity contribution in [3.8, 4) is 0 Å². The van der Waals surface area contributed by atoms with Crippen LogP contribution >= 0.6 is 0 Å². The van der Waals surface area contributed by atoms with Gasteiger partial charge in [0.05, 0.1) is 6.42 Å². The van der Waals surface area contributed by atoms with Gasteiger partial charge in [0.15, 0.2) is 0 Å². The number of carbonyl (C=O) groups is 3. The molecule has 1 rings (SSSR count). The van der Waals surface area contributed by atoms with Gasteiger partial charge in [0.2, 0.25) is 11.8 Å². The summed E-state index contributed by atoms with van der Waals surface area (Å²) < 4.78 is 0. The SMILES string of the molecule is CC(=O)NC1CCCN(C(=O)CCC(=O)O)C1. The number of piperidine rings is 1. The molecule has 1 unspecified atom stereocenters. The summed E-state index contributed by atoms with van der Waals surface area (Å²) in [5.41, 5.74) is 0. The molecule has 6 heteroatoms. The molecule has 6 nitrogen and oxygen atoms in total. The average Bonchev–Trinajstić information content (AvgIpc) is 2.25. The highest BCUT2D eigenvalue weighted by Crippen LogP contribution is 2.11. The smallest absolute Gasteiger partial charge is 0.303 e. The molecule has 1 heterocycles. The normalized spacial score (nSPS) is 19.8. The molecule has 1 atom stereocenters. The zero-order valence-corrected chi connectivity index (χ0v) is 9.94. The molecular formula is C11H18N2O4. The van der Waals surface area contributed by atoms with E-state index in [-0.39, 0.29) is 30.7 Å². The number of nitrogens with one attached hydrogen (secondary N) is 1. The molecule has 1 aliphatic heterocycles. The van der Waals surface area contributed by atoms with Gasteiger partial charge in [-0.3, -0.25) is 14.4 Å². The van der Waals surface area contributed by atoms with Crippen molar-refractivity contribution in [2.24, 2.45) is 0 Å².